The molecule has 1 heterocycles. The molecule has 0 spiro atoms. The number of hydrogen-bond acceptors (Lipinski definition) is 3. The Hall–Kier alpha value is -1.78. The second-order valence-electron chi connectivity index (χ2n) is 2.47. The third-order valence-corrected chi connectivity index (χ3v) is 1.35. The van der Waals surface area contributed by atoms with Crippen LogP contribution in [0.1, 0.15) is 0 Å². The third kappa shape index (κ3) is 3.31. The zero-order valence-corrected chi connectivity index (χ0v) is 7.56. The Labute approximate surface area is 83.4 Å². The largest absolute Gasteiger partial charge is 0.489 e. The number of anilines is 1. The first-order valence-corrected chi connectivity index (χ1v) is 3.98. The van der Waals surface area contributed by atoms with Crippen LogP contribution >= 0.6 is 0 Å². The van der Waals surface area contributed by atoms with E-state index in [9.17, 15) is 4.79 Å². The van der Waals surface area contributed by atoms with Crippen molar-refractivity contribution in [3.05, 3.63) is 31.0 Å². The van der Waals surface area contributed by atoms with Crippen molar-refractivity contribution in [1.82, 2.24) is 4.98 Å². The lowest BCUT2D eigenvalue weighted by molar-refractivity contribution is 0.268. The minimum Gasteiger partial charge on any atom is -0.489 e. The standard InChI is InChI=1S/C9H9BN2O2/c1-2-5-14-7-3-4-11-8(6-7)12-9(10)13/h2-4,6H,1,5H2,(H,11,12,13). The third-order valence-electron chi connectivity index (χ3n) is 1.35. The molecule has 5 heteroatoms. The van der Waals surface area contributed by atoms with Gasteiger partial charge in [-0.05, 0) is 6.07 Å². The number of nitrogens with one attached hydrogen (secondary N) is 1. The highest BCUT2D eigenvalue weighted by Crippen LogP contribution is 2.14. The van der Waals surface area contributed by atoms with Gasteiger partial charge in [0.05, 0.1) is 0 Å². The summed E-state index contributed by atoms with van der Waals surface area (Å²) in [5.74, 6) is 0.307. The van der Waals surface area contributed by atoms with Gasteiger partial charge >= 0.3 is 0 Å². The van der Waals surface area contributed by atoms with Gasteiger partial charge in [-0.3, -0.25) is 4.79 Å². The number of nitrogens with zero attached hydrogens (tertiary/aromatic N) is 1. The zero-order valence-electron chi connectivity index (χ0n) is 7.56. The number of rotatable bonds is 4. The van der Waals surface area contributed by atoms with Crippen molar-refractivity contribution in [1.29, 1.82) is 0 Å². The molecule has 1 N–H and O–H groups in total. The molecule has 70 valence electrons. The molecule has 0 saturated heterocycles. The summed E-state index contributed by atoms with van der Waals surface area (Å²) in [6.07, 6.45) is 3.14. The Morgan fingerprint density at radius 1 is 1.79 bits per heavy atom. The van der Waals surface area contributed by atoms with E-state index in [0.29, 0.717) is 18.2 Å². The molecule has 1 amide bonds. The molecule has 1 aromatic heterocycles. The molecule has 2 radical (unpaired) electrons. The van der Waals surface area contributed by atoms with Crippen LogP contribution < -0.4 is 10.1 Å². The summed E-state index contributed by atoms with van der Waals surface area (Å²) in [7, 11) is 4.93. The fourth-order valence-electron chi connectivity index (χ4n) is 0.851. The first-order valence-electron chi connectivity index (χ1n) is 3.98. The molecule has 14 heavy (non-hydrogen) atoms. The lowest BCUT2D eigenvalue weighted by Gasteiger charge is -2.05. The van der Waals surface area contributed by atoms with E-state index in [1.807, 2.05) is 0 Å². The van der Waals surface area contributed by atoms with E-state index in [1.54, 1.807) is 18.2 Å². The number of carbonyl (C=O) groups excluding carboxylic acids is 1. The average molecular weight is 188 g/mol. The summed E-state index contributed by atoms with van der Waals surface area (Å²) in [6.45, 7) is 3.92. The molecule has 0 aromatic carbocycles. The molecule has 0 unspecified atom stereocenters. The first-order chi connectivity index (χ1) is 6.72. The predicted octanol–water partition coefficient (Wildman–Crippen LogP) is 1.35. The fraction of sp³-hybridized carbons (Fsp3) is 0.111. The highest BCUT2D eigenvalue weighted by Gasteiger charge is 1.98. The number of hydrogen-bond donors (Lipinski definition) is 1. The van der Waals surface area contributed by atoms with Crippen LogP contribution in [-0.4, -0.2) is 25.2 Å². The predicted molar refractivity (Wildman–Crippen MR) is 54.7 cm³/mol. The van der Waals surface area contributed by atoms with E-state index in [2.05, 4.69) is 16.9 Å². The Morgan fingerprint density at radius 2 is 2.57 bits per heavy atom. The Kier molecular flexibility index (Phi) is 3.73. The molecule has 1 rings (SSSR count). The van der Waals surface area contributed by atoms with Crippen molar-refractivity contribution < 1.29 is 9.53 Å². The Morgan fingerprint density at radius 3 is 3.21 bits per heavy atom. The highest BCUT2D eigenvalue weighted by molar-refractivity contribution is 6.60. The second-order valence-corrected chi connectivity index (χ2v) is 2.47. The van der Waals surface area contributed by atoms with Crippen molar-refractivity contribution in [2.24, 2.45) is 0 Å². The quantitative estimate of drug-likeness (QED) is 0.572. The summed E-state index contributed by atoms with van der Waals surface area (Å²) in [5, 5.41) is 2.34. The topological polar surface area (TPSA) is 51.2 Å². The Bertz CT molecular complexity index is 341. The number of aromatic nitrogens is 1. The summed E-state index contributed by atoms with van der Waals surface area (Å²) in [4.78, 5) is 14.4. The molecule has 0 aliphatic rings. The molecule has 0 fully saturated rings. The molecule has 0 atom stereocenters. The van der Waals surface area contributed by atoms with Crippen LogP contribution in [0.2, 0.25) is 0 Å². The highest BCUT2D eigenvalue weighted by atomic mass is 16.5. The van der Waals surface area contributed by atoms with Crippen LogP contribution in [-0.2, 0) is 0 Å². The fourth-order valence-corrected chi connectivity index (χ4v) is 0.851. The smallest absolute Gasteiger partial charge is 0.201 e. The monoisotopic (exact) mass is 188 g/mol. The van der Waals surface area contributed by atoms with E-state index in [-0.39, 0.29) is 0 Å². The number of amides is 1. The van der Waals surface area contributed by atoms with E-state index < -0.39 is 5.81 Å². The number of ether oxygens (including phenoxy) is 1. The molecule has 0 saturated carbocycles. The van der Waals surface area contributed by atoms with Gasteiger partial charge in [0.1, 0.15) is 18.2 Å². The van der Waals surface area contributed by atoms with Crippen molar-refractivity contribution in [2.75, 3.05) is 11.9 Å². The first kappa shape index (κ1) is 10.3. The molecular weight excluding hydrogens is 179 g/mol. The maximum Gasteiger partial charge on any atom is 0.201 e. The van der Waals surface area contributed by atoms with E-state index in [4.69, 9.17) is 12.6 Å². The molecule has 1 aromatic rings. The lowest BCUT2D eigenvalue weighted by atomic mass is 10.1. The van der Waals surface area contributed by atoms with Crippen molar-refractivity contribution >= 4 is 19.5 Å². The second kappa shape index (κ2) is 5.06. The Balaban J connectivity index is 2.68. The number of pyridine rings is 1. The molecular formula is C9H9BN2O2. The summed E-state index contributed by atoms with van der Waals surface area (Å²) in [5.41, 5.74) is 0. The van der Waals surface area contributed by atoms with Crippen LogP contribution in [0.4, 0.5) is 10.6 Å². The van der Waals surface area contributed by atoms with Gasteiger partial charge in [0, 0.05) is 12.3 Å². The van der Waals surface area contributed by atoms with Crippen molar-refractivity contribution in [2.45, 2.75) is 0 Å². The van der Waals surface area contributed by atoms with Gasteiger partial charge < -0.3 is 10.1 Å². The van der Waals surface area contributed by atoms with Gasteiger partial charge in [-0.1, -0.05) is 12.7 Å². The van der Waals surface area contributed by atoms with Crippen LogP contribution in [0.15, 0.2) is 31.0 Å². The maximum atomic E-state index is 10.5. The van der Waals surface area contributed by atoms with Crippen LogP contribution in [0.3, 0.4) is 0 Å². The lowest BCUT2D eigenvalue weighted by Crippen LogP contribution is -2.09. The van der Waals surface area contributed by atoms with Gasteiger partial charge in [-0.2, -0.15) is 0 Å². The summed E-state index contributed by atoms with van der Waals surface area (Å²) < 4.78 is 5.23. The molecule has 0 aliphatic heterocycles. The van der Waals surface area contributed by atoms with E-state index in [0.717, 1.165) is 0 Å². The maximum absolute atomic E-state index is 10.5. The minimum absolute atomic E-state index is 0.360. The van der Waals surface area contributed by atoms with Crippen LogP contribution in [0.5, 0.6) is 5.75 Å². The van der Waals surface area contributed by atoms with Gasteiger partial charge in [0.25, 0.3) is 0 Å². The molecule has 0 aliphatic carbocycles. The van der Waals surface area contributed by atoms with Gasteiger partial charge in [0.15, 0.2) is 5.81 Å². The minimum atomic E-state index is -0.654. The van der Waals surface area contributed by atoms with E-state index in [1.165, 1.54) is 6.20 Å². The van der Waals surface area contributed by atoms with Gasteiger partial charge in [-0.25, -0.2) is 4.98 Å². The van der Waals surface area contributed by atoms with Crippen molar-refractivity contribution in [3.63, 3.8) is 0 Å². The normalized spacial score (nSPS) is 9.14. The van der Waals surface area contributed by atoms with Crippen LogP contribution in [0.25, 0.3) is 0 Å². The van der Waals surface area contributed by atoms with E-state index >= 15 is 0 Å². The number of carbonyl (C=O) groups is 1. The molecule has 0 bridgehead atoms. The van der Waals surface area contributed by atoms with Crippen molar-refractivity contribution in [3.8, 4) is 5.75 Å². The van der Waals surface area contributed by atoms with Gasteiger partial charge in [0.2, 0.25) is 7.85 Å². The molecule has 4 nitrogen and oxygen atoms in total. The van der Waals surface area contributed by atoms with Crippen LogP contribution in [0, 0.1) is 0 Å². The summed E-state index contributed by atoms with van der Waals surface area (Å²) in [6, 6.07) is 3.25. The SMILES string of the molecule is [B]C(=O)Nc1cc(OCC=C)ccn1. The average Bonchev–Trinajstić information content (AvgIpc) is 2.14. The summed E-state index contributed by atoms with van der Waals surface area (Å²) >= 11 is 0. The van der Waals surface area contributed by atoms with Gasteiger partial charge in [-0.15, -0.1) is 0 Å². The zero-order chi connectivity index (χ0) is 10.4.